The first-order valence-electron chi connectivity index (χ1n) is 11.5. The summed E-state index contributed by atoms with van der Waals surface area (Å²) < 4.78 is 7.42. The maximum absolute atomic E-state index is 12.9. The molecule has 1 amide bonds. The van der Waals surface area contributed by atoms with Crippen LogP contribution in [-0.4, -0.2) is 93.9 Å². The Bertz CT molecular complexity index is 915. The average molecular weight is 425 g/mol. The smallest absolute Gasteiger partial charge is 0.236 e. The zero-order valence-corrected chi connectivity index (χ0v) is 18.4. The Labute approximate surface area is 183 Å². The second-order valence-electron chi connectivity index (χ2n) is 8.92. The third-order valence-electron chi connectivity index (χ3n) is 6.82. The van der Waals surface area contributed by atoms with E-state index in [1.165, 1.54) is 5.56 Å². The number of fused-ring (bicyclic) bond motifs is 1. The first kappa shape index (κ1) is 20.6. The van der Waals surface area contributed by atoms with Crippen LogP contribution in [0, 0.1) is 6.92 Å². The van der Waals surface area contributed by atoms with Crippen LogP contribution in [0.4, 0.5) is 0 Å². The molecular formula is C23H32N6O2. The molecule has 8 heteroatoms. The zero-order valence-electron chi connectivity index (χ0n) is 18.4. The van der Waals surface area contributed by atoms with Crippen molar-refractivity contribution >= 4 is 5.91 Å². The minimum absolute atomic E-state index is 0.265. The normalized spacial score (nSPS) is 21.3. The van der Waals surface area contributed by atoms with E-state index in [9.17, 15) is 4.79 Å². The lowest BCUT2D eigenvalue weighted by molar-refractivity contribution is -0.134. The van der Waals surface area contributed by atoms with E-state index in [0.717, 1.165) is 88.8 Å². The summed E-state index contributed by atoms with van der Waals surface area (Å²) in [7, 11) is 0. The topological polar surface area (TPSA) is 66.7 Å². The van der Waals surface area contributed by atoms with E-state index in [1.54, 1.807) is 0 Å². The van der Waals surface area contributed by atoms with E-state index >= 15 is 0 Å². The maximum Gasteiger partial charge on any atom is 0.236 e. The third-order valence-corrected chi connectivity index (χ3v) is 6.82. The fourth-order valence-electron chi connectivity index (χ4n) is 5.03. The molecule has 3 aliphatic heterocycles. The predicted octanol–water partition coefficient (Wildman–Crippen LogP) is 1.26. The number of rotatable bonds is 4. The summed E-state index contributed by atoms with van der Waals surface area (Å²) in [4.78, 5) is 24.1. The number of amides is 1. The third kappa shape index (κ3) is 4.66. The molecule has 2 aromatic heterocycles. The zero-order chi connectivity index (χ0) is 21.2. The van der Waals surface area contributed by atoms with Crippen molar-refractivity contribution in [2.75, 3.05) is 52.5 Å². The fraction of sp³-hybridized carbons (Fsp3) is 0.609. The minimum atomic E-state index is 0.265. The van der Waals surface area contributed by atoms with Crippen LogP contribution in [0.1, 0.15) is 29.8 Å². The number of likely N-dealkylation sites (tertiary alicyclic amines) is 1. The number of morpholine rings is 1. The Morgan fingerprint density at radius 3 is 2.74 bits per heavy atom. The number of pyridine rings is 1. The first-order valence-corrected chi connectivity index (χ1v) is 11.5. The lowest BCUT2D eigenvalue weighted by Crippen LogP contribution is -2.51. The molecule has 2 aromatic rings. The fourth-order valence-corrected chi connectivity index (χ4v) is 5.03. The quantitative estimate of drug-likeness (QED) is 0.736. The lowest BCUT2D eigenvalue weighted by Gasteiger charge is -2.40. The highest BCUT2D eigenvalue weighted by molar-refractivity contribution is 5.78. The monoisotopic (exact) mass is 424 g/mol. The van der Waals surface area contributed by atoms with Gasteiger partial charge in [0.1, 0.15) is 0 Å². The van der Waals surface area contributed by atoms with Gasteiger partial charge in [0.25, 0.3) is 0 Å². The van der Waals surface area contributed by atoms with Gasteiger partial charge in [-0.3, -0.25) is 19.6 Å². The summed E-state index contributed by atoms with van der Waals surface area (Å²) in [6.45, 7) is 9.65. The van der Waals surface area contributed by atoms with Gasteiger partial charge in [0, 0.05) is 75.4 Å². The van der Waals surface area contributed by atoms with Crippen LogP contribution in [0.3, 0.4) is 0 Å². The van der Waals surface area contributed by atoms with Crippen LogP contribution in [-0.2, 0) is 22.5 Å². The molecule has 2 saturated heterocycles. The number of aryl methyl sites for hydroxylation is 1. The molecule has 166 valence electrons. The van der Waals surface area contributed by atoms with E-state index in [1.807, 2.05) is 29.9 Å². The molecule has 0 aliphatic carbocycles. The first-order chi connectivity index (χ1) is 15.2. The van der Waals surface area contributed by atoms with Crippen LogP contribution in [0.25, 0.3) is 5.69 Å². The van der Waals surface area contributed by atoms with Gasteiger partial charge in [-0.15, -0.1) is 0 Å². The molecular weight excluding hydrogens is 392 g/mol. The summed E-state index contributed by atoms with van der Waals surface area (Å²) in [5.41, 5.74) is 4.38. The van der Waals surface area contributed by atoms with Crippen molar-refractivity contribution in [3.8, 4) is 5.69 Å². The van der Waals surface area contributed by atoms with Crippen LogP contribution < -0.4 is 0 Å². The Hall–Kier alpha value is -2.29. The Kier molecular flexibility index (Phi) is 6.02. The number of piperidine rings is 1. The van der Waals surface area contributed by atoms with Gasteiger partial charge in [0.2, 0.25) is 5.91 Å². The molecule has 0 aromatic carbocycles. The van der Waals surface area contributed by atoms with Crippen molar-refractivity contribution in [2.24, 2.45) is 0 Å². The highest BCUT2D eigenvalue weighted by Gasteiger charge is 2.29. The van der Waals surface area contributed by atoms with Gasteiger partial charge in [-0.25, -0.2) is 4.68 Å². The van der Waals surface area contributed by atoms with E-state index in [-0.39, 0.29) is 5.91 Å². The van der Waals surface area contributed by atoms with Gasteiger partial charge in [-0.1, -0.05) is 0 Å². The number of carbonyl (C=O) groups is 1. The van der Waals surface area contributed by atoms with Gasteiger partial charge in [-0.05, 0) is 31.9 Å². The molecule has 0 spiro atoms. The van der Waals surface area contributed by atoms with Gasteiger partial charge >= 0.3 is 0 Å². The maximum atomic E-state index is 12.9. The number of aromatic nitrogens is 3. The van der Waals surface area contributed by atoms with E-state index in [4.69, 9.17) is 9.84 Å². The second kappa shape index (κ2) is 9.06. The second-order valence-corrected chi connectivity index (χ2v) is 8.92. The number of ether oxygens (including phenoxy) is 1. The number of hydrogen-bond donors (Lipinski definition) is 0. The van der Waals surface area contributed by atoms with Crippen LogP contribution in [0.2, 0.25) is 0 Å². The summed E-state index contributed by atoms with van der Waals surface area (Å²) >= 11 is 0. The Balaban J connectivity index is 1.15. The van der Waals surface area contributed by atoms with Crippen molar-refractivity contribution < 1.29 is 9.53 Å². The highest BCUT2D eigenvalue weighted by atomic mass is 16.5. The summed E-state index contributed by atoms with van der Waals surface area (Å²) in [6.07, 6.45) is 6.97. The van der Waals surface area contributed by atoms with Crippen molar-refractivity contribution in [3.05, 3.63) is 41.5 Å². The average Bonchev–Trinajstić information content (AvgIpc) is 3.23. The SMILES string of the molecule is Cc1cc(-n2cc3c(n2)CCN(CC(=O)N2CCC(N4CCOCC4)CC2)C3)ccn1. The van der Waals surface area contributed by atoms with Crippen LogP contribution >= 0.6 is 0 Å². The van der Waals surface area contributed by atoms with Crippen molar-refractivity contribution in [1.82, 2.24) is 29.5 Å². The van der Waals surface area contributed by atoms with E-state index in [2.05, 4.69) is 25.9 Å². The standard InChI is InChI=1S/C23H32N6O2/c1-18-14-21(2-6-24-18)29-16-19-15-26(7-5-22(19)25-29)17-23(30)28-8-3-20(4-9-28)27-10-12-31-13-11-27/h2,6,14,16,20H,3-5,7-13,15,17H2,1H3. The Morgan fingerprint density at radius 2 is 1.97 bits per heavy atom. The number of hydrogen-bond acceptors (Lipinski definition) is 6. The largest absolute Gasteiger partial charge is 0.379 e. The number of nitrogens with zero attached hydrogens (tertiary/aromatic N) is 6. The molecule has 0 saturated carbocycles. The summed E-state index contributed by atoms with van der Waals surface area (Å²) in [5.74, 6) is 0.265. The van der Waals surface area contributed by atoms with Crippen molar-refractivity contribution in [1.29, 1.82) is 0 Å². The molecule has 0 radical (unpaired) electrons. The molecule has 0 N–H and O–H groups in total. The van der Waals surface area contributed by atoms with E-state index in [0.29, 0.717) is 12.6 Å². The minimum Gasteiger partial charge on any atom is -0.379 e. The lowest BCUT2D eigenvalue weighted by atomic mass is 10.0. The molecule has 2 fully saturated rings. The van der Waals surface area contributed by atoms with Gasteiger partial charge < -0.3 is 9.64 Å². The highest BCUT2D eigenvalue weighted by Crippen LogP contribution is 2.21. The summed E-state index contributed by atoms with van der Waals surface area (Å²) in [6, 6.07) is 4.63. The molecule has 31 heavy (non-hydrogen) atoms. The Morgan fingerprint density at radius 1 is 1.16 bits per heavy atom. The van der Waals surface area contributed by atoms with Crippen LogP contribution in [0.15, 0.2) is 24.5 Å². The molecule has 5 rings (SSSR count). The van der Waals surface area contributed by atoms with Crippen molar-refractivity contribution in [3.63, 3.8) is 0 Å². The summed E-state index contributed by atoms with van der Waals surface area (Å²) in [5, 5.41) is 4.77. The van der Waals surface area contributed by atoms with E-state index < -0.39 is 0 Å². The molecule has 0 unspecified atom stereocenters. The predicted molar refractivity (Wildman–Crippen MR) is 117 cm³/mol. The molecule has 0 bridgehead atoms. The molecule has 3 aliphatic rings. The molecule has 0 atom stereocenters. The molecule has 8 nitrogen and oxygen atoms in total. The molecule has 5 heterocycles. The number of carbonyl (C=O) groups excluding carboxylic acids is 1. The van der Waals surface area contributed by atoms with Gasteiger partial charge in [0.05, 0.1) is 31.1 Å². The van der Waals surface area contributed by atoms with Crippen molar-refractivity contribution in [2.45, 2.75) is 38.8 Å². The van der Waals surface area contributed by atoms with Crippen LogP contribution in [0.5, 0.6) is 0 Å². The van der Waals surface area contributed by atoms with Gasteiger partial charge in [0.15, 0.2) is 0 Å². The van der Waals surface area contributed by atoms with Gasteiger partial charge in [-0.2, -0.15) is 5.10 Å².